The van der Waals surface area contributed by atoms with E-state index in [1.54, 1.807) is 13.8 Å². The zero-order valence-corrected chi connectivity index (χ0v) is 19.5. The van der Waals surface area contributed by atoms with Crippen LogP contribution < -0.4 is 0 Å². The molecule has 8 heteroatoms. The lowest BCUT2D eigenvalue weighted by Gasteiger charge is -2.22. The van der Waals surface area contributed by atoms with E-state index in [4.69, 9.17) is 18.5 Å². The maximum atomic E-state index is 13.0. The second-order valence-corrected chi connectivity index (χ2v) is 9.21. The summed E-state index contributed by atoms with van der Waals surface area (Å²) in [5.74, 6) is -1.83. The number of ether oxygens (including phenoxy) is 2. The first kappa shape index (κ1) is 25.8. The number of esters is 2. The first-order chi connectivity index (χ1) is 15.5. The van der Waals surface area contributed by atoms with Gasteiger partial charge < -0.3 is 18.5 Å². The highest BCUT2D eigenvalue weighted by Gasteiger charge is 2.33. The van der Waals surface area contributed by atoms with Crippen molar-refractivity contribution in [2.45, 2.75) is 39.9 Å². The molecule has 0 bridgehead atoms. The molecule has 2 aromatic carbocycles. The highest BCUT2D eigenvalue weighted by atomic mass is 31.2. The molecule has 0 N–H and O–H groups in total. The molecule has 0 radical (unpaired) electrons. The van der Waals surface area contributed by atoms with Crippen LogP contribution in [0.15, 0.2) is 60.7 Å². The van der Waals surface area contributed by atoms with Crippen LogP contribution in [0.2, 0.25) is 0 Å². The summed E-state index contributed by atoms with van der Waals surface area (Å²) in [4.78, 5) is 25.0. The Morgan fingerprint density at radius 3 is 1.81 bits per heavy atom. The van der Waals surface area contributed by atoms with Gasteiger partial charge in [-0.3, -0.25) is 14.2 Å². The van der Waals surface area contributed by atoms with Crippen LogP contribution in [0, 0.1) is 5.92 Å². The van der Waals surface area contributed by atoms with Crippen LogP contribution in [0.5, 0.6) is 0 Å². The van der Waals surface area contributed by atoms with E-state index in [0.29, 0.717) is 0 Å². The molecule has 174 valence electrons. The Hall–Kier alpha value is -2.47. The first-order valence-corrected chi connectivity index (χ1v) is 12.5. The van der Waals surface area contributed by atoms with Crippen molar-refractivity contribution in [1.82, 2.24) is 0 Å². The molecule has 0 saturated heterocycles. The average Bonchev–Trinajstić information content (AvgIpc) is 2.80. The molecule has 0 aromatic heterocycles. The van der Waals surface area contributed by atoms with Gasteiger partial charge in [0.25, 0.3) is 0 Å². The third-order valence-corrected chi connectivity index (χ3v) is 6.78. The molecule has 0 amide bonds. The molecule has 1 atom stereocenters. The largest absolute Gasteiger partial charge is 0.461 e. The lowest BCUT2D eigenvalue weighted by molar-refractivity contribution is -0.150. The summed E-state index contributed by atoms with van der Waals surface area (Å²) in [6.45, 7) is 4.01. The third kappa shape index (κ3) is 9.35. The van der Waals surface area contributed by atoms with Crippen molar-refractivity contribution >= 4 is 19.5 Å². The van der Waals surface area contributed by atoms with E-state index in [-0.39, 0.29) is 45.4 Å². The Kier molecular flexibility index (Phi) is 11.2. The van der Waals surface area contributed by atoms with Gasteiger partial charge in [-0.1, -0.05) is 60.7 Å². The van der Waals surface area contributed by atoms with Crippen LogP contribution >= 0.6 is 7.60 Å². The summed E-state index contributed by atoms with van der Waals surface area (Å²) in [6.07, 6.45) is -0.0597. The molecule has 2 rings (SSSR count). The van der Waals surface area contributed by atoms with Crippen molar-refractivity contribution in [3.8, 4) is 0 Å². The molecule has 7 nitrogen and oxygen atoms in total. The highest BCUT2D eigenvalue weighted by Crippen LogP contribution is 2.50. The summed E-state index contributed by atoms with van der Waals surface area (Å²) < 4.78 is 34.4. The van der Waals surface area contributed by atoms with Gasteiger partial charge in [0.05, 0.1) is 25.3 Å². The van der Waals surface area contributed by atoms with Gasteiger partial charge >= 0.3 is 19.5 Å². The van der Waals surface area contributed by atoms with Gasteiger partial charge in [-0.05, 0) is 31.4 Å². The summed E-state index contributed by atoms with van der Waals surface area (Å²) in [5.41, 5.74) is 1.71. The Labute approximate surface area is 189 Å². The second-order valence-electron chi connectivity index (χ2n) is 7.10. The molecule has 1 unspecified atom stereocenters. The van der Waals surface area contributed by atoms with Crippen molar-refractivity contribution in [2.24, 2.45) is 5.92 Å². The molecule has 0 aliphatic heterocycles. The van der Waals surface area contributed by atoms with E-state index >= 15 is 0 Å². The highest BCUT2D eigenvalue weighted by molar-refractivity contribution is 7.53. The fraction of sp³-hybridized carbons (Fsp3) is 0.417. The number of hydrogen-bond acceptors (Lipinski definition) is 7. The Morgan fingerprint density at radius 2 is 1.31 bits per heavy atom. The first-order valence-electron chi connectivity index (χ1n) is 10.7. The van der Waals surface area contributed by atoms with E-state index in [2.05, 4.69) is 0 Å². The van der Waals surface area contributed by atoms with Crippen LogP contribution in [0.1, 0.15) is 37.8 Å². The predicted molar refractivity (Wildman–Crippen MR) is 121 cm³/mol. The monoisotopic (exact) mass is 462 g/mol. The fourth-order valence-electron chi connectivity index (χ4n) is 3.04. The van der Waals surface area contributed by atoms with Crippen molar-refractivity contribution in [3.63, 3.8) is 0 Å². The Bertz CT molecular complexity index is 860. The van der Waals surface area contributed by atoms with Gasteiger partial charge in [-0.15, -0.1) is 0 Å². The van der Waals surface area contributed by atoms with Gasteiger partial charge in [0.15, 0.2) is 0 Å². The molecule has 0 fully saturated rings. The van der Waals surface area contributed by atoms with E-state index < -0.39 is 25.5 Å². The second kappa shape index (κ2) is 13.8. The maximum Gasteiger partial charge on any atom is 0.331 e. The van der Waals surface area contributed by atoms with Crippen molar-refractivity contribution in [1.29, 1.82) is 0 Å². The van der Waals surface area contributed by atoms with Crippen LogP contribution in [0.25, 0.3) is 0 Å². The minimum absolute atomic E-state index is 0.0177. The number of benzene rings is 2. The topological polar surface area (TPSA) is 88.1 Å². The van der Waals surface area contributed by atoms with Crippen molar-refractivity contribution in [3.05, 3.63) is 71.8 Å². The minimum atomic E-state index is -3.50. The van der Waals surface area contributed by atoms with Gasteiger partial charge in [0.1, 0.15) is 13.2 Å². The lowest BCUT2D eigenvalue weighted by atomic mass is 10.1. The van der Waals surface area contributed by atoms with Crippen molar-refractivity contribution < 1.29 is 32.7 Å². The fourth-order valence-corrected chi connectivity index (χ4v) is 4.98. The standard InChI is InChI=1S/C24H31O7P/c1-3-30-32(27,31-4-2)19-22(24(26)29-18-21-13-9-6-10-14-21)15-16-23(25)28-17-20-11-7-5-8-12-20/h5-14,22H,3-4,15-19H2,1-2H3. The van der Waals surface area contributed by atoms with E-state index in [9.17, 15) is 14.2 Å². The quantitative estimate of drug-likeness (QED) is 0.284. The zero-order valence-electron chi connectivity index (χ0n) is 18.6. The average molecular weight is 462 g/mol. The van der Waals surface area contributed by atoms with E-state index in [1.165, 1.54) is 0 Å². The Balaban J connectivity index is 1.98. The summed E-state index contributed by atoms with van der Waals surface area (Å²) in [6, 6.07) is 18.6. The normalized spacial score (nSPS) is 12.2. The Morgan fingerprint density at radius 1 is 0.812 bits per heavy atom. The van der Waals surface area contributed by atoms with E-state index in [1.807, 2.05) is 60.7 Å². The maximum absolute atomic E-state index is 13.0. The van der Waals surface area contributed by atoms with Gasteiger partial charge in [0.2, 0.25) is 0 Å². The van der Waals surface area contributed by atoms with Crippen LogP contribution in [0.3, 0.4) is 0 Å². The molecular weight excluding hydrogens is 431 g/mol. The smallest absolute Gasteiger partial charge is 0.331 e. The number of rotatable bonds is 14. The van der Waals surface area contributed by atoms with Crippen LogP contribution in [-0.2, 0) is 45.9 Å². The number of carbonyl (C=O) groups is 2. The SMILES string of the molecule is CCOP(=O)(CC(CCC(=O)OCc1ccccc1)C(=O)OCc1ccccc1)OCC. The zero-order chi connectivity index (χ0) is 23.2. The summed E-state index contributed by atoms with van der Waals surface area (Å²) >= 11 is 0. The molecule has 32 heavy (non-hydrogen) atoms. The minimum Gasteiger partial charge on any atom is -0.461 e. The van der Waals surface area contributed by atoms with Crippen LogP contribution in [0.4, 0.5) is 0 Å². The summed E-state index contributed by atoms with van der Waals surface area (Å²) in [5, 5.41) is 0. The van der Waals surface area contributed by atoms with Gasteiger partial charge in [-0.2, -0.15) is 0 Å². The molecule has 0 saturated carbocycles. The molecule has 2 aromatic rings. The van der Waals surface area contributed by atoms with E-state index in [0.717, 1.165) is 11.1 Å². The third-order valence-electron chi connectivity index (χ3n) is 4.59. The summed E-state index contributed by atoms with van der Waals surface area (Å²) in [7, 11) is -3.50. The number of hydrogen-bond donors (Lipinski definition) is 0. The molecule has 0 aliphatic rings. The van der Waals surface area contributed by atoms with Gasteiger partial charge in [-0.25, -0.2) is 0 Å². The number of carbonyl (C=O) groups excluding carboxylic acids is 2. The van der Waals surface area contributed by atoms with Gasteiger partial charge in [0, 0.05) is 6.42 Å². The molecule has 0 heterocycles. The molecular formula is C24H31O7P. The van der Waals surface area contributed by atoms with Crippen LogP contribution in [-0.4, -0.2) is 31.3 Å². The lowest BCUT2D eigenvalue weighted by Crippen LogP contribution is -2.24. The molecule has 0 spiro atoms. The predicted octanol–water partition coefficient (Wildman–Crippen LogP) is 5.14. The molecule has 0 aliphatic carbocycles. The van der Waals surface area contributed by atoms with Crippen molar-refractivity contribution in [2.75, 3.05) is 19.4 Å².